The molecule has 0 spiro atoms. The van der Waals surface area contributed by atoms with Gasteiger partial charge < -0.3 is 24.2 Å². The molecule has 1 fully saturated rings. The lowest BCUT2D eigenvalue weighted by Gasteiger charge is -2.26. The van der Waals surface area contributed by atoms with E-state index < -0.39 is 12.1 Å². The first-order valence-corrected chi connectivity index (χ1v) is 9.75. The minimum absolute atomic E-state index is 0.0398. The minimum Gasteiger partial charge on any atom is -0.479 e. The van der Waals surface area contributed by atoms with Crippen LogP contribution in [-0.4, -0.2) is 103 Å². The Morgan fingerprint density at radius 3 is 2.14 bits per heavy atom. The summed E-state index contributed by atoms with van der Waals surface area (Å²) in [5, 5.41) is 8.93. The molecule has 0 aromatic carbocycles. The zero-order valence-corrected chi connectivity index (χ0v) is 17.2. The van der Waals surface area contributed by atoms with Crippen LogP contribution in [0.2, 0.25) is 10.6 Å². The van der Waals surface area contributed by atoms with Crippen molar-refractivity contribution in [1.29, 1.82) is 0 Å². The Morgan fingerprint density at radius 2 is 1.61 bits per heavy atom. The summed E-state index contributed by atoms with van der Waals surface area (Å²) in [6, 6.07) is 0. The fourth-order valence-corrected chi connectivity index (χ4v) is 2.83. The molecule has 0 radical (unpaired) electrons. The third-order valence-electron chi connectivity index (χ3n) is 4.09. The highest BCUT2D eigenvalue weighted by Crippen LogP contribution is 2.14. The molecule has 1 aromatic heterocycles. The van der Waals surface area contributed by atoms with Crippen LogP contribution >= 0.6 is 23.2 Å². The van der Waals surface area contributed by atoms with Crippen molar-refractivity contribution < 1.29 is 24.1 Å². The van der Waals surface area contributed by atoms with Crippen LogP contribution in [-0.2, 0) is 19.0 Å². The number of carbonyl (C=O) groups is 1. The van der Waals surface area contributed by atoms with Crippen LogP contribution in [0.5, 0.6) is 0 Å². The van der Waals surface area contributed by atoms with Crippen LogP contribution in [0, 0.1) is 0 Å². The molecule has 1 aliphatic rings. The van der Waals surface area contributed by atoms with E-state index in [2.05, 4.69) is 19.9 Å². The molecule has 2 rings (SSSR count). The van der Waals surface area contributed by atoms with Crippen molar-refractivity contribution in [3.05, 3.63) is 10.6 Å². The standard InChI is InChI=1S/C16H25Cl2N5O5/c1-12(13(24)25)28-11-4-22-2-7-26-9-5-23(6-10-27-8-3-22)16-20-14(17)19-15(18)21-16/h12H,2-11H2,1H3,(H,24,25). The van der Waals surface area contributed by atoms with Gasteiger partial charge in [-0.3, -0.25) is 4.90 Å². The van der Waals surface area contributed by atoms with Crippen LogP contribution in [0.4, 0.5) is 5.95 Å². The molecule has 0 bridgehead atoms. The van der Waals surface area contributed by atoms with E-state index in [1.807, 2.05) is 4.90 Å². The topological polar surface area (TPSA) is 110 Å². The zero-order valence-electron chi connectivity index (χ0n) is 15.7. The first-order valence-electron chi connectivity index (χ1n) is 9.00. The second kappa shape index (κ2) is 12.3. The quantitative estimate of drug-likeness (QED) is 0.686. The molecule has 0 amide bonds. The number of aliphatic carboxylic acids is 1. The molecule has 1 N–H and O–H groups in total. The van der Waals surface area contributed by atoms with Crippen molar-refractivity contribution in [2.24, 2.45) is 0 Å². The largest absolute Gasteiger partial charge is 0.479 e. The van der Waals surface area contributed by atoms with Crippen LogP contribution in [0.3, 0.4) is 0 Å². The fraction of sp³-hybridized carbons (Fsp3) is 0.750. The summed E-state index contributed by atoms with van der Waals surface area (Å²) in [6.45, 7) is 6.96. The number of rotatable bonds is 6. The van der Waals surface area contributed by atoms with Gasteiger partial charge in [-0.15, -0.1) is 0 Å². The molecule has 1 saturated heterocycles. The highest BCUT2D eigenvalue weighted by molar-refractivity contribution is 6.31. The Hall–Kier alpha value is -1.30. The van der Waals surface area contributed by atoms with Crippen molar-refractivity contribution in [3.63, 3.8) is 0 Å². The Bertz CT molecular complexity index is 593. The molecule has 28 heavy (non-hydrogen) atoms. The number of hydrogen-bond donors (Lipinski definition) is 1. The SMILES string of the molecule is CC(OCCN1CCOCCN(c2nc(Cl)nc(Cl)n2)CCOCC1)C(=O)O. The summed E-state index contributed by atoms with van der Waals surface area (Å²) in [4.78, 5) is 26.8. The third kappa shape index (κ3) is 8.38. The molecule has 12 heteroatoms. The first-order chi connectivity index (χ1) is 13.5. The molecule has 1 aliphatic heterocycles. The van der Waals surface area contributed by atoms with E-state index >= 15 is 0 Å². The third-order valence-corrected chi connectivity index (χ3v) is 4.43. The lowest BCUT2D eigenvalue weighted by Crippen LogP contribution is -2.38. The predicted octanol–water partition coefficient (Wildman–Crippen LogP) is 0.823. The van der Waals surface area contributed by atoms with Gasteiger partial charge in [-0.05, 0) is 30.1 Å². The van der Waals surface area contributed by atoms with E-state index in [1.54, 1.807) is 0 Å². The summed E-state index contributed by atoms with van der Waals surface area (Å²) in [6.07, 6.45) is -0.816. The van der Waals surface area contributed by atoms with E-state index in [1.165, 1.54) is 6.92 Å². The normalized spacial score (nSPS) is 18.9. The Labute approximate surface area is 173 Å². The number of carboxylic acid groups (broad SMARTS) is 1. The Balaban J connectivity index is 1.81. The number of nitrogens with zero attached hydrogens (tertiary/aromatic N) is 5. The predicted molar refractivity (Wildman–Crippen MR) is 103 cm³/mol. The second-order valence-corrected chi connectivity index (χ2v) is 6.75. The number of anilines is 1. The van der Waals surface area contributed by atoms with Crippen molar-refractivity contribution >= 4 is 35.1 Å². The van der Waals surface area contributed by atoms with Gasteiger partial charge in [-0.1, -0.05) is 0 Å². The summed E-state index contributed by atoms with van der Waals surface area (Å²) >= 11 is 11.7. The van der Waals surface area contributed by atoms with Gasteiger partial charge in [0.15, 0.2) is 6.10 Å². The Morgan fingerprint density at radius 1 is 1.07 bits per heavy atom. The van der Waals surface area contributed by atoms with Crippen LogP contribution in [0.15, 0.2) is 0 Å². The fourth-order valence-electron chi connectivity index (χ4n) is 2.48. The van der Waals surface area contributed by atoms with E-state index in [4.69, 9.17) is 42.5 Å². The van der Waals surface area contributed by atoms with Gasteiger partial charge in [0.25, 0.3) is 0 Å². The maximum Gasteiger partial charge on any atom is 0.332 e. The molecule has 0 aliphatic carbocycles. The van der Waals surface area contributed by atoms with Gasteiger partial charge in [0, 0.05) is 32.7 Å². The van der Waals surface area contributed by atoms with Gasteiger partial charge in [-0.2, -0.15) is 15.0 Å². The van der Waals surface area contributed by atoms with Crippen molar-refractivity contribution in [2.75, 3.05) is 70.7 Å². The molecule has 2 heterocycles. The average molecular weight is 438 g/mol. The smallest absolute Gasteiger partial charge is 0.332 e. The zero-order chi connectivity index (χ0) is 20.4. The van der Waals surface area contributed by atoms with Gasteiger partial charge in [0.05, 0.1) is 33.0 Å². The minimum atomic E-state index is -0.967. The molecule has 1 atom stereocenters. The highest BCUT2D eigenvalue weighted by Gasteiger charge is 2.15. The van der Waals surface area contributed by atoms with Crippen LogP contribution < -0.4 is 4.90 Å². The molecule has 1 unspecified atom stereocenters. The summed E-state index contributed by atoms with van der Waals surface area (Å²) in [5.41, 5.74) is 0. The maximum atomic E-state index is 10.8. The lowest BCUT2D eigenvalue weighted by atomic mass is 10.4. The number of hydrogen-bond acceptors (Lipinski definition) is 9. The molecule has 10 nitrogen and oxygen atoms in total. The number of carboxylic acids is 1. The van der Waals surface area contributed by atoms with Gasteiger partial charge >= 0.3 is 5.97 Å². The van der Waals surface area contributed by atoms with E-state index in [-0.39, 0.29) is 10.6 Å². The van der Waals surface area contributed by atoms with E-state index in [0.29, 0.717) is 71.7 Å². The summed E-state index contributed by atoms with van der Waals surface area (Å²) < 4.78 is 16.7. The van der Waals surface area contributed by atoms with Crippen LogP contribution in [0.1, 0.15) is 6.92 Å². The van der Waals surface area contributed by atoms with Crippen molar-refractivity contribution in [3.8, 4) is 0 Å². The van der Waals surface area contributed by atoms with E-state index in [9.17, 15) is 4.79 Å². The van der Waals surface area contributed by atoms with E-state index in [0.717, 1.165) is 0 Å². The molecular formula is C16H25Cl2N5O5. The molecule has 158 valence electrons. The number of halogens is 2. The monoisotopic (exact) mass is 437 g/mol. The molecule has 0 saturated carbocycles. The first kappa shape index (κ1) is 23.0. The second-order valence-electron chi connectivity index (χ2n) is 6.08. The van der Waals surface area contributed by atoms with Gasteiger partial charge in [0.2, 0.25) is 16.5 Å². The summed E-state index contributed by atoms with van der Waals surface area (Å²) in [5.74, 6) is -0.578. The Kier molecular flexibility index (Phi) is 10.1. The molecular weight excluding hydrogens is 413 g/mol. The number of ether oxygens (including phenoxy) is 3. The summed E-state index contributed by atoms with van der Waals surface area (Å²) in [7, 11) is 0. The maximum absolute atomic E-state index is 10.8. The van der Waals surface area contributed by atoms with Gasteiger partial charge in [0.1, 0.15) is 0 Å². The average Bonchev–Trinajstić information content (AvgIpc) is 2.62. The lowest BCUT2D eigenvalue weighted by molar-refractivity contribution is -0.149. The number of aromatic nitrogens is 3. The van der Waals surface area contributed by atoms with Crippen molar-refractivity contribution in [2.45, 2.75) is 13.0 Å². The molecule has 1 aromatic rings. The van der Waals surface area contributed by atoms with Crippen molar-refractivity contribution in [1.82, 2.24) is 19.9 Å². The van der Waals surface area contributed by atoms with Gasteiger partial charge in [-0.25, -0.2) is 4.79 Å². The van der Waals surface area contributed by atoms with Crippen LogP contribution in [0.25, 0.3) is 0 Å². The highest BCUT2D eigenvalue weighted by atomic mass is 35.5.